The summed E-state index contributed by atoms with van der Waals surface area (Å²) in [6, 6.07) is 22.7. The van der Waals surface area contributed by atoms with E-state index in [0.717, 1.165) is 21.7 Å². The van der Waals surface area contributed by atoms with E-state index in [1.165, 1.54) is 26.3 Å². The Hall–Kier alpha value is -4.81. The maximum Gasteiger partial charge on any atom is 0.259 e. The van der Waals surface area contributed by atoms with E-state index in [1.54, 1.807) is 19.1 Å². The molecule has 1 aliphatic carbocycles. The molecular weight excluding hydrogens is 632 g/mol. The molecule has 0 radical (unpaired) electrons. The van der Waals surface area contributed by atoms with Crippen LogP contribution in [-0.4, -0.2) is 60.8 Å². The summed E-state index contributed by atoms with van der Waals surface area (Å²) in [4.78, 5) is 28.0. The first-order valence-electron chi connectivity index (χ1n) is 15.6. The maximum absolute atomic E-state index is 14.7. The molecule has 0 saturated carbocycles. The van der Waals surface area contributed by atoms with E-state index in [9.17, 15) is 28.2 Å². The number of carbonyl (C=O) groups excluding carboxylic acids is 2. The van der Waals surface area contributed by atoms with Crippen molar-refractivity contribution in [3.63, 3.8) is 0 Å². The third-order valence-electron chi connectivity index (χ3n) is 8.88. The molecule has 6 N–H and O–H groups in total. The zero-order valence-corrected chi connectivity index (χ0v) is 28.6. The van der Waals surface area contributed by atoms with E-state index in [4.69, 9.17) is 10.5 Å². The molecular formula is C36H44N4O7S. The van der Waals surface area contributed by atoms with Gasteiger partial charge in [0, 0.05) is 25.1 Å². The van der Waals surface area contributed by atoms with E-state index >= 15 is 0 Å². The zero-order valence-electron chi connectivity index (χ0n) is 27.8. The zero-order chi connectivity index (χ0) is 35.2. The predicted octanol–water partition coefficient (Wildman–Crippen LogP) is 3.51. The molecule has 3 aromatic carbocycles. The molecule has 256 valence electrons. The Kier molecular flexibility index (Phi) is 11.2. The minimum atomic E-state index is -3.97. The predicted molar refractivity (Wildman–Crippen MR) is 184 cm³/mol. The number of benzene rings is 3. The monoisotopic (exact) mass is 676 g/mol. The second-order valence-corrected chi connectivity index (χ2v) is 14.0. The first-order valence-corrected chi connectivity index (χ1v) is 17.5. The van der Waals surface area contributed by atoms with Gasteiger partial charge in [-0.3, -0.25) is 13.9 Å². The van der Waals surface area contributed by atoms with Crippen molar-refractivity contribution in [2.75, 3.05) is 20.4 Å². The number of nitrogens with one attached hydrogen (secondary N) is 2. The van der Waals surface area contributed by atoms with Crippen LogP contribution in [0.2, 0.25) is 0 Å². The molecule has 0 bridgehead atoms. The minimum Gasteiger partial charge on any atom is -0.504 e. The summed E-state index contributed by atoms with van der Waals surface area (Å²) in [5.74, 6) is -3.29. The number of nitrogens with two attached hydrogens (primary N) is 1. The van der Waals surface area contributed by atoms with Gasteiger partial charge in [0.15, 0.2) is 17.1 Å². The van der Waals surface area contributed by atoms with E-state index in [0.29, 0.717) is 18.4 Å². The molecule has 0 fully saturated rings. The molecule has 11 nitrogen and oxygen atoms in total. The van der Waals surface area contributed by atoms with Crippen molar-refractivity contribution in [1.29, 1.82) is 0 Å². The van der Waals surface area contributed by atoms with Crippen LogP contribution in [0.4, 0.5) is 0 Å². The smallest absolute Gasteiger partial charge is 0.259 e. The first kappa shape index (κ1) is 36.0. The van der Waals surface area contributed by atoms with Crippen molar-refractivity contribution in [3.05, 3.63) is 119 Å². The second kappa shape index (κ2) is 15.0. The normalized spacial score (nSPS) is 19.1. The summed E-state index contributed by atoms with van der Waals surface area (Å²) in [7, 11) is -1.29. The Morgan fingerprint density at radius 2 is 1.67 bits per heavy atom. The Morgan fingerprint density at radius 3 is 2.23 bits per heavy atom. The highest BCUT2D eigenvalue weighted by Gasteiger charge is 2.56. The summed E-state index contributed by atoms with van der Waals surface area (Å²) in [6.45, 7) is 3.65. The van der Waals surface area contributed by atoms with E-state index in [-0.39, 0.29) is 35.0 Å². The van der Waals surface area contributed by atoms with Crippen LogP contribution in [0.1, 0.15) is 43.0 Å². The van der Waals surface area contributed by atoms with Crippen molar-refractivity contribution in [1.82, 2.24) is 14.9 Å². The Labute approximate surface area is 282 Å². The molecule has 0 aromatic heterocycles. The number of likely N-dealkylation sites (N-methyl/N-ethyl adjacent to an activating group) is 1. The maximum atomic E-state index is 14.7. The molecule has 2 amide bonds. The summed E-state index contributed by atoms with van der Waals surface area (Å²) in [5, 5.41) is 29.3. The van der Waals surface area contributed by atoms with Crippen LogP contribution in [-0.2, 0) is 32.6 Å². The summed E-state index contributed by atoms with van der Waals surface area (Å²) in [5.41, 5.74) is 5.44. The molecule has 4 atom stereocenters. The standard InChI is InChI=1S/C36H44N4O7S/c1-6-26(19-24-13-9-7-10-14-24)32-28(34(37)42)21-29(40(3)48(5,45)46)33(38-22-25-17-18-30(41)31(20-25)47-4)36(32,44)35(43)39-23(2)27-15-11-8-12-16-27/h7-18,20-21,23,26,32,38,41,44H,6,19,22H2,1-5H3,(H2,37,42)(H,39,43)/t23-,26?,32+,36-/m1/s1. The van der Waals surface area contributed by atoms with Gasteiger partial charge in [-0.25, -0.2) is 8.42 Å². The largest absolute Gasteiger partial charge is 0.504 e. The van der Waals surface area contributed by atoms with Crippen LogP contribution in [0.25, 0.3) is 0 Å². The molecule has 0 heterocycles. The lowest BCUT2D eigenvalue weighted by Gasteiger charge is -2.46. The van der Waals surface area contributed by atoms with Crippen LogP contribution in [0, 0.1) is 11.8 Å². The number of carbonyl (C=O) groups is 2. The Balaban J connectivity index is 1.96. The van der Waals surface area contributed by atoms with Gasteiger partial charge in [0.05, 0.1) is 30.8 Å². The van der Waals surface area contributed by atoms with Crippen LogP contribution in [0.3, 0.4) is 0 Å². The number of ether oxygens (including phenoxy) is 1. The fourth-order valence-corrected chi connectivity index (χ4v) is 6.68. The summed E-state index contributed by atoms with van der Waals surface area (Å²) < 4.78 is 32.2. The number of methoxy groups -OCH3 is 1. The first-order chi connectivity index (χ1) is 22.7. The molecule has 1 unspecified atom stereocenters. The number of hydrogen-bond donors (Lipinski definition) is 5. The van der Waals surface area contributed by atoms with E-state index in [2.05, 4.69) is 10.6 Å². The molecule has 0 spiro atoms. The number of phenols is 1. The van der Waals surface area contributed by atoms with Crippen molar-refractivity contribution in [2.24, 2.45) is 17.6 Å². The highest BCUT2D eigenvalue weighted by atomic mass is 32.2. The number of aromatic hydroxyl groups is 1. The highest BCUT2D eigenvalue weighted by Crippen LogP contribution is 2.45. The lowest BCUT2D eigenvalue weighted by atomic mass is 9.65. The van der Waals surface area contributed by atoms with Crippen LogP contribution < -0.4 is 21.1 Å². The van der Waals surface area contributed by atoms with Crippen molar-refractivity contribution < 1.29 is 33.0 Å². The Bertz CT molecular complexity index is 1800. The van der Waals surface area contributed by atoms with Gasteiger partial charge in [-0.15, -0.1) is 0 Å². The number of rotatable bonds is 14. The fraction of sp³-hybridized carbons (Fsp3) is 0.333. The second-order valence-electron chi connectivity index (χ2n) is 12.0. The molecule has 0 saturated heterocycles. The molecule has 3 aromatic rings. The van der Waals surface area contributed by atoms with Crippen molar-refractivity contribution >= 4 is 21.8 Å². The SMILES string of the molecule is CCC(Cc1ccccc1)[C@H]1C(C(N)=O)=CC(N(C)S(C)(=O)=O)=C(NCc2ccc(O)c(OC)c2)[C@@]1(O)C(=O)N[C@H](C)c1ccccc1. The number of phenolic OH excluding ortho intramolecular Hbond substituents is 1. The van der Waals surface area contributed by atoms with Gasteiger partial charge >= 0.3 is 0 Å². The van der Waals surface area contributed by atoms with Gasteiger partial charge in [0.25, 0.3) is 5.91 Å². The van der Waals surface area contributed by atoms with Gasteiger partial charge < -0.3 is 31.3 Å². The molecule has 48 heavy (non-hydrogen) atoms. The number of sulfonamides is 1. The summed E-state index contributed by atoms with van der Waals surface area (Å²) in [6.07, 6.45) is 3.15. The molecule has 4 rings (SSSR count). The number of allylic oxidation sites excluding steroid dienone is 1. The van der Waals surface area contributed by atoms with Crippen molar-refractivity contribution in [3.8, 4) is 11.5 Å². The lowest BCUT2D eigenvalue weighted by molar-refractivity contribution is -0.144. The fourth-order valence-electron chi connectivity index (χ4n) is 6.18. The van der Waals surface area contributed by atoms with Crippen LogP contribution in [0.5, 0.6) is 11.5 Å². The van der Waals surface area contributed by atoms with E-state index in [1.807, 2.05) is 67.6 Å². The van der Waals surface area contributed by atoms with Gasteiger partial charge in [-0.05, 0) is 54.2 Å². The number of primary amides is 1. The average Bonchev–Trinajstić information content (AvgIpc) is 3.07. The number of aliphatic hydroxyl groups is 1. The van der Waals surface area contributed by atoms with Gasteiger partial charge in [0.1, 0.15) is 0 Å². The Morgan fingerprint density at radius 1 is 1.04 bits per heavy atom. The van der Waals surface area contributed by atoms with Crippen LogP contribution >= 0.6 is 0 Å². The van der Waals surface area contributed by atoms with Gasteiger partial charge in [-0.1, -0.05) is 80.1 Å². The third-order valence-corrected chi connectivity index (χ3v) is 10.1. The van der Waals surface area contributed by atoms with Crippen molar-refractivity contribution in [2.45, 2.75) is 44.9 Å². The van der Waals surface area contributed by atoms with E-state index < -0.39 is 45.3 Å². The van der Waals surface area contributed by atoms with Gasteiger partial charge in [-0.2, -0.15) is 0 Å². The minimum absolute atomic E-state index is 0.0150. The number of hydrogen-bond acceptors (Lipinski definition) is 8. The number of nitrogens with zero attached hydrogens (tertiary/aromatic N) is 1. The highest BCUT2D eigenvalue weighted by molar-refractivity contribution is 7.88. The molecule has 1 aliphatic rings. The van der Waals surface area contributed by atoms with Crippen LogP contribution in [0.15, 0.2) is 102 Å². The van der Waals surface area contributed by atoms with Gasteiger partial charge in [0.2, 0.25) is 15.9 Å². The topological polar surface area (TPSA) is 171 Å². The number of amides is 2. The molecule has 12 heteroatoms. The summed E-state index contributed by atoms with van der Waals surface area (Å²) >= 11 is 0. The third kappa shape index (κ3) is 7.66. The lowest BCUT2D eigenvalue weighted by Crippen LogP contribution is -2.62. The molecule has 0 aliphatic heterocycles. The quantitative estimate of drug-likeness (QED) is 0.173. The average molecular weight is 677 g/mol.